The van der Waals surface area contributed by atoms with E-state index < -0.39 is 0 Å². The SMILES string of the molecule is CC1(C)c2ccccc2-c2cc3c4cccc5c4n(c3cc21)-c1ccccc1N5c1ccccc1.CC1(C)c2ccccc2-c2ccc3c(c21)c1cccc2c1n3-c1ccccc1N2c1ccccc1.CC1(C)c2ccccc2-c2ccc3c(c21)c1cccc2c1n3-c1ccccc1O2. The van der Waals surface area contributed by atoms with Crippen LogP contribution in [0.5, 0.6) is 11.5 Å². The van der Waals surface area contributed by atoms with Crippen molar-refractivity contribution in [1.82, 2.24) is 13.7 Å². The van der Waals surface area contributed by atoms with E-state index in [0.29, 0.717) is 0 Å². The quantitative estimate of drug-likeness (QED) is 0.173. The fourth-order valence-electron chi connectivity index (χ4n) is 18.7. The highest BCUT2D eigenvalue weighted by Crippen LogP contribution is 2.60. The van der Waals surface area contributed by atoms with E-state index in [1.54, 1.807) is 0 Å². The first-order valence-corrected chi connectivity index (χ1v) is 34.8. The maximum absolute atomic E-state index is 6.29. The van der Waals surface area contributed by atoms with Gasteiger partial charge >= 0.3 is 0 Å². The highest BCUT2D eigenvalue weighted by Gasteiger charge is 2.42. The van der Waals surface area contributed by atoms with Gasteiger partial charge in [-0.15, -0.1) is 0 Å². The summed E-state index contributed by atoms with van der Waals surface area (Å²) in [7, 11) is 0. The first-order valence-electron chi connectivity index (χ1n) is 34.8. The molecular weight excluding hydrogens is 1200 g/mol. The van der Waals surface area contributed by atoms with Crippen LogP contribution in [-0.2, 0) is 16.2 Å². The van der Waals surface area contributed by atoms with E-state index in [4.69, 9.17) is 4.74 Å². The molecule has 3 aliphatic carbocycles. The average Bonchev–Trinajstić information content (AvgIpc) is 1.54. The van der Waals surface area contributed by atoms with E-state index in [9.17, 15) is 0 Å². The number of hydrogen-bond acceptors (Lipinski definition) is 3. The van der Waals surface area contributed by atoms with E-state index in [2.05, 4.69) is 356 Å². The first kappa shape index (κ1) is 56.1. The Labute approximate surface area is 574 Å². The molecular formula is C93H67N5O. The maximum atomic E-state index is 6.29. The van der Waals surface area contributed by atoms with Crippen molar-refractivity contribution in [2.45, 2.75) is 57.8 Å². The van der Waals surface area contributed by atoms with Crippen molar-refractivity contribution in [3.8, 4) is 61.9 Å². The van der Waals surface area contributed by atoms with Crippen LogP contribution in [0.15, 0.2) is 297 Å². The Balaban J connectivity index is 0.0000000980. The van der Waals surface area contributed by atoms with Crippen LogP contribution in [0.2, 0.25) is 0 Å². The molecule has 0 bridgehead atoms. The second-order valence-corrected chi connectivity index (χ2v) is 29.1. The molecule has 6 aliphatic rings. The molecule has 0 fully saturated rings. The van der Waals surface area contributed by atoms with Gasteiger partial charge in [0, 0.05) is 59.9 Å². The van der Waals surface area contributed by atoms with Gasteiger partial charge in [-0.25, -0.2) is 0 Å². The Kier molecular flexibility index (Phi) is 11.3. The van der Waals surface area contributed by atoms with E-state index in [0.717, 1.165) is 17.2 Å². The second-order valence-electron chi connectivity index (χ2n) is 29.1. The molecule has 14 aromatic carbocycles. The molecule has 6 heterocycles. The van der Waals surface area contributed by atoms with E-state index in [1.165, 1.54) is 178 Å². The van der Waals surface area contributed by atoms with Crippen LogP contribution in [0, 0.1) is 0 Å². The molecule has 0 amide bonds. The van der Waals surface area contributed by atoms with Gasteiger partial charge in [0.05, 0.1) is 72.9 Å². The molecule has 0 atom stereocenters. The van der Waals surface area contributed by atoms with Gasteiger partial charge in [-0.2, -0.15) is 0 Å². The normalized spacial score (nSPS) is 14.8. The molecule has 0 radical (unpaired) electrons. The zero-order chi connectivity index (χ0) is 65.9. The minimum absolute atomic E-state index is 0.0239. The largest absolute Gasteiger partial charge is 0.453 e. The van der Waals surface area contributed by atoms with Gasteiger partial charge in [0.2, 0.25) is 0 Å². The number of nitrogens with zero attached hydrogens (tertiary/aromatic N) is 5. The molecule has 17 aromatic rings. The number of fused-ring (bicyclic) bond motifs is 26. The molecule has 470 valence electrons. The summed E-state index contributed by atoms with van der Waals surface area (Å²) < 4.78 is 13.7. The van der Waals surface area contributed by atoms with Gasteiger partial charge < -0.3 is 28.2 Å². The molecule has 3 aliphatic heterocycles. The van der Waals surface area contributed by atoms with Gasteiger partial charge in [-0.1, -0.05) is 236 Å². The Morgan fingerprint density at radius 3 is 1.19 bits per heavy atom. The summed E-state index contributed by atoms with van der Waals surface area (Å²) in [5.41, 5.74) is 34.9. The zero-order valence-corrected chi connectivity index (χ0v) is 55.9. The summed E-state index contributed by atoms with van der Waals surface area (Å²) in [6.45, 7) is 14.2. The summed E-state index contributed by atoms with van der Waals surface area (Å²) in [6, 6.07) is 108. The fourth-order valence-corrected chi connectivity index (χ4v) is 18.7. The Morgan fingerprint density at radius 2 is 0.636 bits per heavy atom. The molecule has 3 aromatic heterocycles. The molecule has 99 heavy (non-hydrogen) atoms. The van der Waals surface area contributed by atoms with Crippen LogP contribution < -0.4 is 14.5 Å². The topological polar surface area (TPSA) is 30.5 Å². The predicted octanol–water partition coefficient (Wildman–Crippen LogP) is 24.9. The Morgan fingerprint density at radius 1 is 0.242 bits per heavy atom. The van der Waals surface area contributed by atoms with E-state index in [-0.39, 0.29) is 16.2 Å². The van der Waals surface area contributed by atoms with Gasteiger partial charge in [0.25, 0.3) is 0 Å². The number of rotatable bonds is 2. The van der Waals surface area contributed by atoms with Crippen molar-refractivity contribution in [1.29, 1.82) is 0 Å². The predicted molar refractivity (Wildman–Crippen MR) is 412 cm³/mol. The van der Waals surface area contributed by atoms with Gasteiger partial charge in [-0.05, 0) is 170 Å². The Hall–Kier alpha value is -12.1. The van der Waals surface area contributed by atoms with Crippen LogP contribution in [0.3, 0.4) is 0 Å². The molecule has 0 saturated heterocycles. The van der Waals surface area contributed by atoms with E-state index >= 15 is 0 Å². The minimum Gasteiger partial charge on any atom is -0.453 e. The summed E-state index contributed by atoms with van der Waals surface area (Å²) in [5.74, 6) is 1.84. The number of aromatic nitrogens is 3. The molecule has 0 saturated carbocycles. The highest BCUT2D eigenvalue weighted by molar-refractivity contribution is 6.21. The van der Waals surface area contributed by atoms with Crippen LogP contribution in [-0.4, -0.2) is 13.7 Å². The lowest BCUT2D eigenvalue weighted by Gasteiger charge is -2.33. The number of ether oxygens (including phenoxy) is 1. The van der Waals surface area contributed by atoms with Crippen molar-refractivity contribution in [2.24, 2.45) is 0 Å². The van der Waals surface area contributed by atoms with Crippen molar-refractivity contribution in [2.75, 3.05) is 9.80 Å². The monoisotopic (exact) mass is 1270 g/mol. The van der Waals surface area contributed by atoms with Crippen molar-refractivity contribution in [3.05, 3.63) is 331 Å². The molecule has 0 spiro atoms. The van der Waals surface area contributed by atoms with Gasteiger partial charge in [0.1, 0.15) is 0 Å². The zero-order valence-electron chi connectivity index (χ0n) is 55.9. The molecule has 23 rings (SSSR count). The van der Waals surface area contributed by atoms with Crippen LogP contribution in [0.25, 0.3) is 116 Å². The lowest BCUT2D eigenvalue weighted by atomic mass is 9.80. The van der Waals surface area contributed by atoms with Crippen molar-refractivity contribution in [3.63, 3.8) is 0 Å². The molecule has 0 N–H and O–H groups in total. The third-order valence-corrected chi connectivity index (χ3v) is 22.9. The second kappa shape index (κ2) is 20.0. The first-order chi connectivity index (χ1) is 48.5. The molecule has 6 heteroatoms. The van der Waals surface area contributed by atoms with Gasteiger partial charge in [-0.3, -0.25) is 0 Å². The van der Waals surface area contributed by atoms with Crippen LogP contribution in [0.1, 0.15) is 74.9 Å². The standard InChI is InChI=1S/2C33H24N2.C27H19NO/c1-33(2)26-15-7-6-13-22(26)24-19-25-23-14-10-18-30-32(23)35(31(25)20-27(24)33)29-17-9-8-16-28(29)34(30)21-11-4-3-5-12-21;1-33(2)25-15-7-6-13-22(25)23-19-20-28-30(31(23)33)24-14-10-18-29-32(24)35(28)27-17-9-8-16-26(27)34(29)21-11-4-3-5-12-21;1-27(2)19-10-4-3-8-16(19)17-14-15-21-24(25(17)27)18-9-7-13-23-26(18)28(21)20-11-5-6-12-22(20)29-23/h2*3-20H,1-2H3;3-15H,1-2H3. The third kappa shape index (κ3) is 7.39. The summed E-state index contributed by atoms with van der Waals surface area (Å²) >= 11 is 0. The number of benzene rings is 14. The van der Waals surface area contributed by atoms with Crippen molar-refractivity contribution >= 4 is 99.5 Å². The number of anilines is 6. The summed E-state index contributed by atoms with van der Waals surface area (Å²) in [5, 5.41) is 7.94. The summed E-state index contributed by atoms with van der Waals surface area (Å²) in [4.78, 5) is 4.82. The van der Waals surface area contributed by atoms with Gasteiger partial charge in [0.15, 0.2) is 11.5 Å². The molecule has 6 nitrogen and oxygen atoms in total. The van der Waals surface area contributed by atoms with E-state index in [1.807, 2.05) is 6.07 Å². The van der Waals surface area contributed by atoms with Crippen LogP contribution in [0.4, 0.5) is 34.1 Å². The average molecular weight is 1270 g/mol. The minimum atomic E-state index is -0.0623. The smallest absolute Gasteiger partial charge is 0.152 e. The Bertz CT molecular complexity index is 6320. The van der Waals surface area contributed by atoms with Crippen LogP contribution >= 0.6 is 0 Å². The maximum Gasteiger partial charge on any atom is 0.152 e. The van der Waals surface area contributed by atoms with Crippen molar-refractivity contribution < 1.29 is 4.74 Å². The number of para-hydroxylation sites is 11. The lowest BCUT2D eigenvalue weighted by Crippen LogP contribution is -2.18. The third-order valence-electron chi connectivity index (χ3n) is 22.9. The fraction of sp³-hybridized carbons (Fsp3) is 0.0968. The summed E-state index contributed by atoms with van der Waals surface area (Å²) in [6.07, 6.45) is 0. The number of hydrogen-bond donors (Lipinski definition) is 0. The molecule has 0 unspecified atom stereocenters. The highest BCUT2D eigenvalue weighted by atomic mass is 16.5. The lowest BCUT2D eigenvalue weighted by molar-refractivity contribution is 0.476.